The van der Waals surface area contributed by atoms with Gasteiger partial charge in [-0.25, -0.2) is 0 Å². The Kier molecular flexibility index (Phi) is 7.12. The smallest absolute Gasteiger partial charge is 0.221 e. The number of ether oxygens (including phenoxy) is 1. The topological polar surface area (TPSA) is 50.4 Å². The van der Waals surface area contributed by atoms with Gasteiger partial charge in [-0.1, -0.05) is 6.92 Å². The maximum absolute atomic E-state index is 11.0. The molecule has 0 unspecified atom stereocenters. The van der Waals surface area contributed by atoms with Gasteiger partial charge in [-0.2, -0.15) is 0 Å². The van der Waals surface area contributed by atoms with Crippen LogP contribution in [0.1, 0.15) is 25.8 Å². The van der Waals surface area contributed by atoms with Crippen molar-refractivity contribution in [2.24, 2.45) is 0 Å². The average Bonchev–Trinajstić information content (AvgIpc) is 2.53. The minimum absolute atomic E-state index is 0.0733. The van der Waals surface area contributed by atoms with Crippen molar-refractivity contribution in [1.29, 1.82) is 0 Å². The zero-order chi connectivity index (χ0) is 17.5. The SMILES string of the molecule is CCCOc1c(Br)cc(CNc2ccc(NC(C)=O)cc2)cc1Br. The van der Waals surface area contributed by atoms with Crippen molar-refractivity contribution >= 4 is 49.1 Å². The summed E-state index contributed by atoms with van der Waals surface area (Å²) in [4.78, 5) is 11.0. The van der Waals surface area contributed by atoms with Crippen LogP contribution in [0.3, 0.4) is 0 Å². The average molecular weight is 456 g/mol. The first-order chi connectivity index (χ1) is 11.5. The number of halogens is 2. The molecular formula is C18H20Br2N2O2. The fourth-order valence-corrected chi connectivity index (χ4v) is 3.65. The number of benzene rings is 2. The summed E-state index contributed by atoms with van der Waals surface area (Å²) in [7, 11) is 0. The monoisotopic (exact) mass is 454 g/mol. The second kappa shape index (κ2) is 9.08. The summed E-state index contributed by atoms with van der Waals surface area (Å²) in [5.41, 5.74) is 2.90. The summed E-state index contributed by atoms with van der Waals surface area (Å²) in [5, 5.41) is 6.11. The van der Waals surface area contributed by atoms with Gasteiger partial charge in [-0.3, -0.25) is 4.79 Å². The summed E-state index contributed by atoms with van der Waals surface area (Å²) in [6.07, 6.45) is 0.969. The Bertz CT molecular complexity index is 680. The molecule has 0 aliphatic carbocycles. The van der Waals surface area contributed by atoms with Crippen molar-refractivity contribution in [2.45, 2.75) is 26.8 Å². The quantitative estimate of drug-likeness (QED) is 0.573. The Hall–Kier alpha value is -1.53. The van der Waals surface area contributed by atoms with Crippen molar-refractivity contribution in [3.63, 3.8) is 0 Å². The lowest BCUT2D eigenvalue weighted by atomic mass is 10.2. The molecule has 0 aliphatic rings. The van der Waals surface area contributed by atoms with Gasteiger partial charge in [0.15, 0.2) is 0 Å². The van der Waals surface area contributed by atoms with Gasteiger partial charge in [-0.05, 0) is 80.2 Å². The number of rotatable bonds is 7. The van der Waals surface area contributed by atoms with Crippen LogP contribution < -0.4 is 15.4 Å². The van der Waals surface area contributed by atoms with Crippen LogP contribution >= 0.6 is 31.9 Å². The minimum atomic E-state index is -0.0733. The van der Waals surface area contributed by atoms with Gasteiger partial charge in [0.2, 0.25) is 5.91 Å². The maximum atomic E-state index is 11.0. The molecule has 128 valence electrons. The molecule has 2 N–H and O–H groups in total. The second-order valence-corrected chi connectivity index (χ2v) is 7.06. The fourth-order valence-electron chi connectivity index (χ4n) is 2.14. The number of anilines is 2. The highest BCUT2D eigenvalue weighted by atomic mass is 79.9. The molecule has 1 amide bonds. The van der Waals surface area contributed by atoms with Crippen LogP contribution in [0.15, 0.2) is 45.3 Å². The molecule has 0 fully saturated rings. The Morgan fingerprint density at radius 1 is 1.08 bits per heavy atom. The molecule has 2 aromatic carbocycles. The van der Waals surface area contributed by atoms with E-state index in [2.05, 4.69) is 61.5 Å². The Morgan fingerprint density at radius 2 is 1.67 bits per heavy atom. The van der Waals surface area contributed by atoms with Gasteiger partial charge in [-0.15, -0.1) is 0 Å². The Morgan fingerprint density at radius 3 is 2.21 bits per heavy atom. The van der Waals surface area contributed by atoms with E-state index in [0.717, 1.165) is 38.1 Å². The van der Waals surface area contributed by atoms with Crippen LogP contribution in [0.5, 0.6) is 5.75 Å². The van der Waals surface area contributed by atoms with Crippen LogP contribution in [0, 0.1) is 0 Å². The molecule has 2 rings (SSSR count). The molecule has 0 saturated heterocycles. The molecule has 4 nitrogen and oxygen atoms in total. The van der Waals surface area contributed by atoms with Crippen molar-refractivity contribution in [2.75, 3.05) is 17.2 Å². The van der Waals surface area contributed by atoms with E-state index in [9.17, 15) is 4.79 Å². The number of carbonyl (C=O) groups is 1. The predicted molar refractivity (Wildman–Crippen MR) is 106 cm³/mol. The zero-order valence-electron chi connectivity index (χ0n) is 13.7. The van der Waals surface area contributed by atoms with E-state index in [0.29, 0.717) is 13.2 Å². The normalized spacial score (nSPS) is 10.3. The van der Waals surface area contributed by atoms with Crippen LogP contribution in [0.25, 0.3) is 0 Å². The highest BCUT2D eigenvalue weighted by Gasteiger charge is 2.09. The summed E-state index contributed by atoms with van der Waals surface area (Å²) in [6.45, 7) is 4.95. The third-order valence-corrected chi connectivity index (χ3v) is 4.39. The van der Waals surface area contributed by atoms with E-state index in [-0.39, 0.29) is 5.91 Å². The van der Waals surface area contributed by atoms with Gasteiger partial charge < -0.3 is 15.4 Å². The Labute approximate surface area is 159 Å². The fraction of sp³-hybridized carbons (Fsp3) is 0.278. The highest BCUT2D eigenvalue weighted by Crippen LogP contribution is 2.35. The van der Waals surface area contributed by atoms with Crippen molar-refractivity contribution in [3.05, 3.63) is 50.9 Å². The Balaban J connectivity index is 2.00. The first kappa shape index (κ1) is 18.8. The third kappa shape index (κ3) is 5.53. The van der Waals surface area contributed by atoms with Gasteiger partial charge in [0.05, 0.1) is 15.6 Å². The standard InChI is InChI=1S/C18H20Br2N2O2/c1-3-8-24-18-16(19)9-13(10-17(18)20)11-21-14-4-6-15(7-5-14)22-12(2)23/h4-7,9-10,21H,3,8,11H2,1-2H3,(H,22,23). The molecular weight excluding hydrogens is 436 g/mol. The number of nitrogens with one attached hydrogen (secondary N) is 2. The molecule has 24 heavy (non-hydrogen) atoms. The first-order valence-electron chi connectivity index (χ1n) is 7.72. The van der Waals surface area contributed by atoms with E-state index in [1.165, 1.54) is 6.92 Å². The lowest BCUT2D eigenvalue weighted by molar-refractivity contribution is -0.114. The molecule has 0 spiro atoms. The predicted octanol–water partition coefficient (Wildman–Crippen LogP) is 5.57. The van der Waals surface area contributed by atoms with E-state index in [1.54, 1.807) is 0 Å². The molecule has 0 heterocycles. The van der Waals surface area contributed by atoms with Crippen LogP contribution in [-0.4, -0.2) is 12.5 Å². The minimum Gasteiger partial charge on any atom is -0.491 e. The molecule has 0 saturated carbocycles. The number of amides is 1. The van der Waals surface area contributed by atoms with E-state index >= 15 is 0 Å². The van der Waals surface area contributed by atoms with Gasteiger partial charge >= 0.3 is 0 Å². The van der Waals surface area contributed by atoms with Gasteiger partial charge in [0, 0.05) is 24.8 Å². The van der Waals surface area contributed by atoms with Crippen molar-refractivity contribution in [1.82, 2.24) is 0 Å². The van der Waals surface area contributed by atoms with Crippen LogP contribution in [0.4, 0.5) is 11.4 Å². The lowest BCUT2D eigenvalue weighted by Gasteiger charge is -2.13. The molecule has 0 aromatic heterocycles. The van der Waals surface area contributed by atoms with E-state index in [4.69, 9.17) is 4.74 Å². The summed E-state index contributed by atoms with van der Waals surface area (Å²) < 4.78 is 7.60. The van der Waals surface area contributed by atoms with E-state index < -0.39 is 0 Å². The number of carbonyl (C=O) groups excluding carboxylic acids is 1. The molecule has 6 heteroatoms. The third-order valence-electron chi connectivity index (χ3n) is 3.21. The van der Waals surface area contributed by atoms with Crippen LogP contribution in [-0.2, 0) is 11.3 Å². The van der Waals surface area contributed by atoms with Gasteiger partial charge in [0.25, 0.3) is 0 Å². The van der Waals surface area contributed by atoms with E-state index in [1.807, 2.05) is 24.3 Å². The number of hydrogen-bond acceptors (Lipinski definition) is 3. The van der Waals surface area contributed by atoms with Gasteiger partial charge in [0.1, 0.15) is 5.75 Å². The first-order valence-corrected chi connectivity index (χ1v) is 9.30. The summed E-state index contributed by atoms with van der Waals surface area (Å²) in [5.74, 6) is 0.760. The van der Waals surface area contributed by atoms with Crippen molar-refractivity contribution in [3.8, 4) is 5.75 Å². The second-order valence-electron chi connectivity index (χ2n) is 5.35. The van der Waals surface area contributed by atoms with Crippen LogP contribution in [0.2, 0.25) is 0 Å². The maximum Gasteiger partial charge on any atom is 0.221 e. The zero-order valence-corrected chi connectivity index (χ0v) is 16.8. The summed E-state index contributed by atoms with van der Waals surface area (Å²) in [6, 6.07) is 11.7. The highest BCUT2D eigenvalue weighted by molar-refractivity contribution is 9.11. The molecule has 0 atom stereocenters. The number of hydrogen-bond donors (Lipinski definition) is 2. The molecule has 0 bridgehead atoms. The largest absolute Gasteiger partial charge is 0.491 e. The van der Waals surface area contributed by atoms with Crippen molar-refractivity contribution < 1.29 is 9.53 Å². The lowest BCUT2D eigenvalue weighted by Crippen LogP contribution is -2.06. The summed E-state index contributed by atoms with van der Waals surface area (Å²) >= 11 is 7.13. The molecule has 0 aliphatic heterocycles. The molecule has 2 aromatic rings. The molecule has 0 radical (unpaired) electrons.